The first-order chi connectivity index (χ1) is 8.71. The van der Waals surface area contributed by atoms with Crippen molar-refractivity contribution in [3.63, 3.8) is 0 Å². The molecular formula is C14H16BrF3O. The summed E-state index contributed by atoms with van der Waals surface area (Å²) in [6, 6.07) is 3.16. The Bertz CT molecular complexity index is 452. The van der Waals surface area contributed by atoms with Crippen LogP contribution in [0.5, 0.6) is 0 Å². The Balaban J connectivity index is 2.84. The number of hydrogen-bond acceptors (Lipinski definition) is 1. The highest BCUT2D eigenvalue weighted by Gasteiger charge is 2.31. The van der Waals surface area contributed by atoms with Crippen LogP contribution >= 0.6 is 15.9 Å². The smallest absolute Gasteiger partial charge is 0.294 e. The van der Waals surface area contributed by atoms with Gasteiger partial charge >= 0.3 is 6.18 Å². The van der Waals surface area contributed by atoms with Crippen molar-refractivity contribution in [1.29, 1.82) is 0 Å². The van der Waals surface area contributed by atoms with Gasteiger partial charge in [0.2, 0.25) is 0 Å². The zero-order valence-electron chi connectivity index (χ0n) is 10.9. The van der Waals surface area contributed by atoms with E-state index in [9.17, 15) is 18.0 Å². The Morgan fingerprint density at radius 3 is 2.47 bits per heavy atom. The molecule has 0 fully saturated rings. The normalized spacial score (nSPS) is 11.9. The fourth-order valence-electron chi connectivity index (χ4n) is 1.72. The molecule has 0 spiro atoms. The summed E-state index contributed by atoms with van der Waals surface area (Å²) in [6.45, 7) is 4.09. The lowest BCUT2D eigenvalue weighted by Crippen LogP contribution is -2.08. The SMILES string of the molecule is CC(C)CCCC(=O)c1cc(C(F)(F)F)ccc1Br. The van der Waals surface area contributed by atoms with Crippen molar-refractivity contribution in [2.45, 2.75) is 39.3 Å². The van der Waals surface area contributed by atoms with Crippen LogP contribution < -0.4 is 0 Å². The minimum Gasteiger partial charge on any atom is -0.294 e. The molecule has 0 N–H and O–H groups in total. The zero-order chi connectivity index (χ0) is 14.6. The van der Waals surface area contributed by atoms with E-state index in [4.69, 9.17) is 0 Å². The Hall–Kier alpha value is -0.840. The molecule has 1 aromatic carbocycles. The molecule has 0 heterocycles. The third-order valence-electron chi connectivity index (χ3n) is 2.78. The maximum absolute atomic E-state index is 12.6. The summed E-state index contributed by atoms with van der Waals surface area (Å²) in [5.74, 6) is 0.233. The molecule has 0 aliphatic carbocycles. The highest BCUT2D eigenvalue weighted by molar-refractivity contribution is 9.10. The maximum atomic E-state index is 12.6. The van der Waals surface area contributed by atoms with Gasteiger partial charge in [0.25, 0.3) is 0 Å². The van der Waals surface area contributed by atoms with Crippen molar-refractivity contribution in [2.75, 3.05) is 0 Å². The van der Waals surface area contributed by atoms with Gasteiger partial charge in [-0.2, -0.15) is 13.2 Å². The lowest BCUT2D eigenvalue weighted by atomic mass is 10.00. The minimum absolute atomic E-state index is 0.110. The number of alkyl halides is 3. The van der Waals surface area contributed by atoms with Crippen LogP contribution in [0.15, 0.2) is 22.7 Å². The van der Waals surface area contributed by atoms with E-state index >= 15 is 0 Å². The summed E-state index contributed by atoms with van der Waals surface area (Å²) < 4.78 is 38.2. The van der Waals surface area contributed by atoms with Gasteiger partial charge in [0.1, 0.15) is 0 Å². The number of rotatable bonds is 5. The van der Waals surface area contributed by atoms with E-state index in [1.54, 1.807) is 0 Å². The molecule has 1 rings (SSSR count). The van der Waals surface area contributed by atoms with Crippen molar-refractivity contribution >= 4 is 21.7 Å². The third-order valence-corrected chi connectivity index (χ3v) is 3.47. The van der Waals surface area contributed by atoms with Gasteiger partial charge in [-0.25, -0.2) is 0 Å². The number of Topliss-reactive ketones (excluding diaryl/α,β-unsaturated/α-hetero) is 1. The first-order valence-electron chi connectivity index (χ1n) is 6.11. The van der Waals surface area contributed by atoms with E-state index in [1.165, 1.54) is 6.07 Å². The lowest BCUT2D eigenvalue weighted by Gasteiger charge is -2.10. The van der Waals surface area contributed by atoms with Crippen molar-refractivity contribution in [2.24, 2.45) is 5.92 Å². The summed E-state index contributed by atoms with van der Waals surface area (Å²) >= 11 is 3.13. The highest BCUT2D eigenvalue weighted by Crippen LogP contribution is 2.32. The predicted octanol–water partition coefficient (Wildman–Crippen LogP) is 5.48. The van der Waals surface area contributed by atoms with E-state index in [0.29, 0.717) is 16.8 Å². The van der Waals surface area contributed by atoms with Gasteiger partial charge in [-0.15, -0.1) is 0 Å². The molecule has 0 amide bonds. The summed E-state index contributed by atoms with van der Waals surface area (Å²) in [5, 5.41) is 0. The van der Waals surface area contributed by atoms with E-state index in [1.807, 2.05) is 13.8 Å². The second kappa shape index (κ2) is 6.55. The molecule has 0 aliphatic heterocycles. The summed E-state index contributed by atoms with van der Waals surface area (Å²) in [6.07, 6.45) is -2.56. The number of benzene rings is 1. The largest absolute Gasteiger partial charge is 0.416 e. The number of halogens is 4. The molecule has 0 unspecified atom stereocenters. The fourth-order valence-corrected chi connectivity index (χ4v) is 2.19. The number of carbonyl (C=O) groups is 1. The molecule has 0 bridgehead atoms. The summed E-state index contributed by atoms with van der Waals surface area (Å²) in [7, 11) is 0. The molecule has 5 heteroatoms. The Kier molecular flexibility index (Phi) is 5.59. The van der Waals surface area contributed by atoms with E-state index in [-0.39, 0.29) is 17.8 Å². The van der Waals surface area contributed by atoms with Crippen LogP contribution in [-0.4, -0.2) is 5.78 Å². The van der Waals surface area contributed by atoms with Crippen LogP contribution in [0.3, 0.4) is 0 Å². The van der Waals surface area contributed by atoms with E-state index < -0.39 is 11.7 Å². The standard InChI is InChI=1S/C14H16BrF3O/c1-9(2)4-3-5-13(19)11-8-10(14(16,17)18)6-7-12(11)15/h6-9H,3-5H2,1-2H3. The first kappa shape index (κ1) is 16.2. The van der Waals surface area contributed by atoms with Crippen LogP contribution in [0.4, 0.5) is 13.2 Å². The molecule has 106 valence electrons. The van der Waals surface area contributed by atoms with Gasteiger partial charge in [-0.05, 0) is 30.5 Å². The van der Waals surface area contributed by atoms with Crippen molar-refractivity contribution in [1.82, 2.24) is 0 Å². The Morgan fingerprint density at radius 2 is 1.95 bits per heavy atom. The summed E-state index contributed by atoms with van der Waals surface area (Å²) in [5.41, 5.74) is -0.679. The van der Waals surface area contributed by atoms with Crippen LogP contribution in [0.2, 0.25) is 0 Å². The van der Waals surface area contributed by atoms with Crippen LogP contribution in [0, 0.1) is 5.92 Å². The number of hydrogen-bond donors (Lipinski definition) is 0. The van der Waals surface area contributed by atoms with Gasteiger partial charge in [-0.3, -0.25) is 4.79 Å². The van der Waals surface area contributed by atoms with Crippen LogP contribution in [-0.2, 0) is 6.18 Å². The number of carbonyl (C=O) groups excluding carboxylic acids is 1. The molecule has 0 aromatic heterocycles. The fraction of sp³-hybridized carbons (Fsp3) is 0.500. The van der Waals surface area contributed by atoms with Gasteiger partial charge in [0.05, 0.1) is 5.56 Å². The molecule has 1 nitrogen and oxygen atoms in total. The van der Waals surface area contributed by atoms with Crippen LogP contribution in [0.25, 0.3) is 0 Å². The monoisotopic (exact) mass is 336 g/mol. The first-order valence-corrected chi connectivity index (χ1v) is 6.91. The van der Waals surface area contributed by atoms with Crippen molar-refractivity contribution < 1.29 is 18.0 Å². The predicted molar refractivity (Wildman–Crippen MR) is 72.2 cm³/mol. The number of ketones is 1. The highest BCUT2D eigenvalue weighted by atomic mass is 79.9. The Morgan fingerprint density at radius 1 is 1.32 bits per heavy atom. The molecule has 0 radical (unpaired) electrons. The molecule has 0 aliphatic rings. The maximum Gasteiger partial charge on any atom is 0.416 e. The van der Waals surface area contributed by atoms with Crippen molar-refractivity contribution in [3.8, 4) is 0 Å². The average Bonchev–Trinajstić information content (AvgIpc) is 2.27. The van der Waals surface area contributed by atoms with Gasteiger partial charge in [0, 0.05) is 16.5 Å². The summed E-state index contributed by atoms with van der Waals surface area (Å²) in [4.78, 5) is 11.9. The van der Waals surface area contributed by atoms with Gasteiger partial charge in [0.15, 0.2) is 5.78 Å². The topological polar surface area (TPSA) is 17.1 Å². The van der Waals surface area contributed by atoms with Gasteiger partial charge in [-0.1, -0.05) is 36.2 Å². The second-order valence-corrected chi connectivity index (χ2v) is 5.76. The molecule has 0 saturated heterocycles. The Labute approximate surface area is 119 Å². The molecule has 19 heavy (non-hydrogen) atoms. The van der Waals surface area contributed by atoms with E-state index in [0.717, 1.165) is 18.6 Å². The third kappa shape index (κ3) is 4.97. The van der Waals surface area contributed by atoms with Crippen molar-refractivity contribution in [3.05, 3.63) is 33.8 Å². The van der Waals surface area contributed by atoms with Gasteiger partial charge < -0.3 is 0 Å². The molecule has 1 aromatic rings. The minimum atomic E-state index is -4.42. The quantitative estimate of drug-likeness (QED) is 0.651. The molecule has 0 saturated carbocycles. The second-order valence-electron chi connectivity index (χ2n) is 4.90. The van der Waals surface area contributed by atoms with E-state index in [2.05, 4.69) is 15.9 Å². The molecule has 0 atom stereocenters. The lowest BCUT2D eigenvalue weighted by molar-refractivity contribution is -0.137. The average molecular weight is 337 g/mol. The molecular weight excluding hydrogens is 321 g/mol. The van der Waals surface area contributed by atoms with Crippen LogP contribution in [0.1, 0.15) is 49.0 Å². The zero-order valence-corrected chi connectivity index (χ0v) is 12.4.